The van der Waals surface area contributed by atoms with Crippen LogP contribution in [0, 0.1) is 0 Å². The quantitative estimate of drug-likeness (QED) is 0.909. The zero-order valence-electron chi connectivity index (χ0n) is 11.0. The molecule has 0 saturated carbocycles. The van der Waals surface area contributed by atoms with Gasteiger partial charge in [0.05, 0.1) is 6.54 Å². The first-order valence-electron chi connectivity index (χ1n) is 6.16. The molecule has 20 heavy (non-hydrogen) atoms. The molecular formula is C15H15ClN2O2. The third-order valence-corrected chi connectivity index (χ3v) is 3.32. The molecule has 2 aromatic rings. The normalized spacial score (nSPS) is 13.6. The molecule has 2 N–H and O–H groups in total. The average Bonchev–Trinajstić information content (AvgIpc) is 2.46. The second-order valence-corrected chi connectivity index (χ2v) is 5.08. The van der Waals surface area contributed by atoms with Crippen molar-refractivity contribution in [1.29, 1.82) is 0 Å². The summed E-state index contributed by atoms with van der Waals surface area (Å²) < 4.78 is 0. The van der Waals surface area contributed by atoms with Crippen molar-refractivity contribution >= 4 is 17.5 Å². The average molecular weight is 291 g/mol. The van der Waals surface area contributed by atoms with Crippen LogP contribution in [-0.2, 0) is 5.60 Å². The van der Waals surface area contributed by atoms with Crippen molar-refractivity contribution in [2.24, 2.45) is 0 Å². The second kappa shape index (κ2) is 6.03. The first-order valence-corrected chi connectivity index (χ1v) is 6.54. The van der Waals surface area contributed by atoms with Crippen molar-refractivity contribution in [3.63, 3.8) is 0 Å². The first kappa shape index (κ1) is 14.5. The maximum Gasteiger partial charge on any atom is 0.251 e. The number of rotatable bonds is 4. The van der Waals surface area contributed by atoms with E-state index in [-0.39, 0.29) is 12.5 Å². The number of pyridine rings is 1. The highest BCUT2D eigenvalue weighted by atomic mass is 35.5. The summed E-state index contributed by atoms with van der Waals surface area (Å²) in [5.74, 6) is -0.264. The molecule has 1 heterocycles. The van der Waals surface area contributed by atoms with E-state index in [4.69, 9.17) is 11.6 Å². The van der Waals surface area contributed by atoms with Gasteiger partial charge in [0, 0.05) is 28.5 Å². The standard InChI is InChI=1S/C15H15ClN2O2/c1-15(20,12-4-2-3-5-13(12)16)10-18-14(19)11-6-8-17-9-7-11/h2-9,20H,10H2,1H3,(H,18,19). The number of hydrogen-bond acceptors (Lipinski definition) is 3. The summed E-state index contributed by atoms with van der Waals surface area (Å²) in [6.07, 6.45) is 3.09. The second-order valence-electron chi connectivity index (χ2n) is 4.67. The molecule has 0 aliphatic rings. The van der Waals surface area contributed by atoms with Gasteiger partial charge in [-0.3, -0.25) is 9.78 Å². The summed E-state index contributed by atoms with van der Waals surface area (Å²) in [6, 6.07) is 10.2. The van der Waals surface area contributed by atoms with Crippen LogP contribution in [0.4, 0.5) is 0 Å². The van der Waals surface area contributed by atoms with Crippen LogP contribution < -0.4 is 5.32 Å². The monoisotopic (exact) mass is 290 g/mol. The third-order valence-electron chi connectivity index (χ3n) is 2.99. The van der Waals surface area contributed by atoms with Gasteiger partial charge in [-0.2, -0.15) is 0 Å². The lowest BCUT2D eigenvalue weighted by molar-refractivity contribution is 0.0527. The maximum atomic E-state index is 11.9. The number of hydrogen-bond donors (Lipinski definition) is 2. The number of amides is 1. The van der Waals surface area contributed by atoms with E-state index < -0.39 is 5.60 Å². The Morgan fingerprint density at radius 3 is 2.60 bits per heavy atom. The van der Waals surface area contributed by atoms with Crippen LogP contribution in [0.15, 0.2) is 48.8 Å². The highest BCUT2D eigenvalue weighted by Crippen LogP contribution is 2.27. The number of carbonyl (C=O) groups excluding carboxylic acids is 1. The van der Waals surface area contributed by atoms with E-state index in [1.54, 1.807) is 55.7 Å². The summed E-state index contributed by atoms with van der Waals surface area (Å²) in [5.41, 5.74) is -0.159. The predicted octanol–water partition coefficient (Wildman–Crippen LogP) is 2.37. The number of aliphatic hydroxyl groups is 1. The van der Waals surface area contributed by atoms with Gasteiger partial charge in [0.25, 0.3) is 5.91 Å². The van der Waals surface area contributed by atoms with E-state index in [0.29, 0.717) is 16.1 Å². The molecule has 0 saturated heterocycles. The molecule has 0 radical (unpaired) electrons. The molecule has 1 atom stereocenters. The van der Waals surface area contributed by atoms with Gasteiger partial charge in [0.2, 0.25) is 0 Å². The molecule has 0 bridgehead atoms. The number of halogens is 1. The van der Waals surface area contributed by atoms with Crippen molar-refractivity contribution in [2.75, 3.05) is 6.54 Å². The molecule has 1 unspecified atom stereocenters. The molecule has 2 rings (SSSR count). The smallest absolute Gasteiger partial charge is 0.251 e. The summed E-state index contributed by atoms with van der Waals surface area (Å²) >= 11 is 6.06. The van der Waals surface area contributed by atoms with Gasteiger partial charge in [-0.05, 0) is 25.1 Å². The van der Waals surface area contributed by atoms with Gasteiger partial charge < -0.3 is 10.4 Å². The van der Waals surface area contributed by atoms with Gasteiger partial charge in [-0.1, -0.05) is 29.8 Å². The van der Waals surface area contributed by atoms with Crippen LogP contribution >= 0.6 is 11.6 Å². The Bertz CT molecular complexity index is 600. The molecule has 4 nitrogen and oxygen atoms in total. The van der Waals surface area contributed by atoms with Gasteiger partial charge in [-0.15, -0.1) is 0 Å². The number of nitrogens with one attached hydrogen (secondary N) is 1. The molecule has 0 aliphatic carbocycles. The van der Waals surface area contributed by atoms with Crippen molar-refractivity contribution < 1.29 is 9.90 Å². The molecular weight excluding hydrogens is 276 g/mol. The molecule has 1 aromatic carbocycles. The summed E-state index contributed by atoms with van der Waals surface area (Å²) in [4.78, 5) is 15.8. The van der Waals surface area contributed by atoms with Crippen molar-refractivity contribution in [3.05, 3.63) is 64.9 Å². The Morgan fingerprint density at radius 1 is 1.30 bits per heavy atom. The Hall–Kier alpha value is -1.91. The lowest BCUT2D eigenvalue weighted by Gasteiger charge is -2.25. The molecule has 0 spiro atoms. The van der Waals surface area contributed by atoms with E-state index in [1.807, 2.05) is 0 Å². The number of carbonyl (C=O) groups is 1. The van der Waals surface area contributed by atoms with Gasteiger partial charge in [0.15, 0.2) is 0 Å². The van der Waals surface area contributed by atoms with E-state index in [9.17, 15) is 9.90 Å². The van der Waals surface area contributed by atoms with Crippen LogP contribution in [-0.4, -0.2) is 22.5 Å². The van der Waals surface area contributed by atoms with Crippen LogP contribution in [0.3, 0.4) is 0 Å². The Morgan fingerprint density at radius 2 is 1.95 bits per heavy atom. The predicted molar refractivity (Wildman–Crippen MR) is 77.6 cm³/mol. The van der Waals surface area contributed by atoms with Crippen LogP contribution in [0.2, 0.25) is 5.02 Å². The molecule has 0 aliphatic heterocycles. The topological polar surface area (TPSA) is 62.2 Å². The first-order chi connectivity index (χ1) is 9.50. The van der Waals surface area contributed by atoms with Gasteiger partial charge in [0.1, 0.15) is 5.60 Å². The molecule has 1 aromatic heterocycles. The minimum absolute atomic E-state index is 0.0674. The van der Waals surface area contributed by atoms with Crippen LogP contribution in [0.5, 0.6) is 0 Å². The Labute approximate surface area is 122 Å². The Kier molecular flexibility index (Phi) is 4.37. The summed E-state index contributed by atoms with van der Waals surface area (Å²) in [6.45, 7) is 1.68. The van der Waals surface area contributed by atoms with E-state index in [0.717, 1.165) is 0 Å². The lowest BCUT2D eigenvalue weighted by Crippen LogP contribution is -2.38. The van der Waals surface area contributed by atoms with Crippen molar-refractivity contribution in [1.82, 2.24) is 10.3 Å². The van der Waals surface area contributed by atoms with E-state index in [1.165, 1.54) is 0 Å². The van der Waals surface area contributed by atoms with Crippen molar-refractivity contribution in [3.8, 4) is 0 Å². The lowest BCUT2D eigenvalue weighted by atomic mass is 9.96. The van der Waals surface area contributed by atoms with Crippen LogP contribution in [0.25, 0.3) is 0 Å². The van der Waals surface area contributed by atoms with Crippen molar-refractivity contribution in [2.45, 2.75) is 12.5 Å². The van der Waals surface area contributed by atoms with Crippen LogP contribution in [0.1, 0.15) is 22.8 Å². The molecule has 5 heteroatoms. The molecule has 104 valence electrons. The fraction of sp³-hybridized carbons (Fsp3) is 0.200. The van der Waals surface area contributed by atoms with Gasteiger partial charge in [-0.25, -0.2) is 0 Å². The number of benzene rings is 1. The highest BCUT2D eigenvalue weighted by Gasteiger charge is 2.26. The summed E-state index contributed by atoms with van der Waals surface area (Å²) in [5, 5.41) is 13.6. The van der Waals surface area contributed by atoms with E-state index >= 15 is 0 Å². The highest BCUT2D eigenvalue weighted by molar-refractivity contribution is 6.31. The fourth-order valence-corrected chi connectivity index (χ4v) is 2.19. The number of aromatic nitrogens is 1. The third kappa shape index (κ3) is 3.35. The Balaban J connectivity index is 2.07. The SMILES string of the molecule is CC(O)(CNC(=O)c1ccncc1)c1ccccc1Cl. The zero-order valence-corrected chi connectivity index (χ0v) is 11.8. The summed E-state index contributed by atoms with van der Waals surface area (Å²) in [7, 11) is 0. The van der Waals surface area contributed by atoms with Gasteiger partial charge >= 0.3 is 0 Å². The minimum Gasteiger partial charge on any atom is -0.384 e. The van der Waals surface area contributed by atoms with E-state index in [2.05, 4.69) is 10.3 Å². The number of nitrogens with zero attached hydrogens (tertiary/aromatic N) is 1. The molecule has 0 fully saturated rings. The maximum absolute atomic E-state index is 11.9. The minimum atomic E-state index is -1.24. The molecule has 1 amide bonds. The largest absolute Gasteiger partial charge is 0.384 e. The zero-order chi connectivity index (χ0) is 14.6. The fourth-order valence-electron chi connectivity index (χ4n) is 1.85.